The molecule has 1 atom stereocenters. The molecule has 0 radical (unpaired) electrons. The van der Waals surface area contributed by atoms with Gasteiger partial charge in [-0.3, -0.25) is 4.79 Å². The van der Waals surface area contributed by atoms with Crippen LogP contribution in [0.5, 0.6) is 0 Å². The summed E-state index contributed by atoms with van der Waals surface area (Å²) < 4.78 is 5.01. The van der Waals surface area contributed by atoms with Gasteiger partial charge in [0.1, 0.15) is 0 Å². The summed E-state index contributed by atoms with van der Waals surface area (Å²) in [6, 6.07) is 8.11. The van der Waals surface area contributed by atoms with E-state index in [0.29, 0.717) is 12.3 Å². The van der Waals surface area contributed by atoms with Crippen LogP contribution in [0, 0.1) is 0 Å². The van der Waals surface area contributed by atoms with E-state index in [0.717, 1.165) is 12.2 Å². The van der Waals surface area contributed by atoms with Crippen LogP contribution in [0.25, 0.3) is 0 Å². The van der Waals surface area contributed by atoms with E-state index in [2.05, 4.69) is 21.5 Å². The minimum Gasteiger partial charge on any atom is -0.384 e. The van der Waals surface area contributed by atoms with Gasteiger partial charge in [-0.15, -0.1) is 0 Å². The number of anilines is 1. The molecule has 2 heterocycles. The lowest BCUT2D eigenvalue weighted by atomic mass is 9.98. The summed E-state index contributed by atoms with van der Waals surface area (Å²) in [4.78, 5) is 14.8. The van der Waals surface area contributed by atoms with Crippen LogP contribution in [0.1, 0.15) is 28.0 Å². The predicted molar refractivity (Wildman–Crippen MR) is 64.2 cm³/mol. The van der Waals surface area contributed by atoms with Gasteiger partial charge in [-0.1, -0.05) is 23.4 Å². The van der Waals surface area contributed by atoms with Crippen LogP contribution in [0.4, 0.5) is 5.69 Å². The molecular formula is C12H12N4O2. The Bertz CT molecular complexity index is 593. The summed E-state index contributed by atoms with van der Waals surface area (Å²) in [5.74, 6) is -0.0196. The van der Waals surface area contributed by atoms with Crippen molar-refractivity contribution in [1.82, 2.24) is 10.1 Å². The molecule has 6 nitrogen and oxygen atoms in total. The van der Waals surface area contributed by atoms with Crippen molar-refractivity contribution in [3.8, 4) is 0 Å². The molecule has 2 aromatic rings. The molecule has 1 unspecified atom stereocenters. The molecule has 6 heteroatoms. The van der Waals surface area contributed by atoms with E-state index >= 15 is 0 Å². The van der Waals surface area contributed by atoms with E-state index < -0.39 is 5.91 Å². The lowest BCUT2D eigenvalue weighted by Crippen LogP contribution is -2.13. The molecule has 18 heavy (non-hydrogen) atoms. The Morgan fingerprint density at radius 3 is 3.11 bits per heavy atom. The average Bonchev–Trinajstić information content (AvgIpc) is 2.98. The van der Waals surface area contributed by atoms with Crippen molar-refractivity contribution in [2.75, 3.05) is 11.9 Å². The fraction of sp³-hybridized carbons (Fsp3) is 0.250. The SMILES string of the molecule is NC(=O)c1noc(CC2CNc3ccccc32)n1. The van der Waals surface area contributed by atoms with Gasteiger partial charge in [-0.25, -0.2) is 0 Å². The number of benzene rings is 1. The molecule has 0 bridgehead atoms. The number of primary amides is 1. The minimum atomic E-state index is -0.671. The van der Waals surface area contributed by atoms with Gasteiger partial charge in [0.15, 0.2) is 0 Å². The molecule has 0 aliphatic carbocycles. The zero-order valence-corrected chi connectivity index (χ0v) is 9.59. The smallest absolute Gasteiger partial charge is 0.290 e. The summed E-state index contributed by atoms with van der Waals surface area (Å²) in [7, 11) is 0. The van der Waals surface area contributed by atoms with Gasteiger partial charge in [0.25, 0.3) is 11.7 Å². The van der Waals surface area contributed by atoms with Crippen molar-refractivity contribution in [2.24, 2.45) is 5.73 Å². The highest BCUT2D eigenvalue weighted by Crippen LogP contribution is 2.32. The molecule has 1 amide bonds. The van der Waals surface area contributed by atoms with Crippen LogP contribution < -0.4 is 11.1 Å². The van der Waals surface area contributed by atoms with Crippen LogP contribution in [0.15, 0.2) is 28.8 Å². The first-order valence-electron chi connectivity index (χ1n) is 5.69. The van der Waals surface area contributed by atoms with Gasteiger partial charge < -0.3 is 15.6 Å². The van der Waals surface area contributed by atoms with Gasteiger partial charge in [-0.2, -0.15) is 4.98 Å². The molecule has 3 N–H and O–H groups in total. The normalized spacial score (nSPS) is 17.2. The van der Waals surface area contributed by atoms with Crippen LogP contribution >= 0.6 is 0 Å². The molecule has 1 aliphatic rings. The van der Waals surface area contributed by atoms with E-state index in [1.165, 1.54) is 5.56 Å². The molecular weight excluding hydrogens is 232 g/mol. The number of amides is 1. The highest BCUT2D eigenvalue weighted by atomic mass is 16.5. The summed E-state index contributed by atoms with van der Waals surface area (Å²) in [6.45, 7) is 0.827. The number of nitrogens with two attached hydrogens (primary N) is 1. The Balaban J connectivity index is 1.80. The van der Waals surface area contributed by atoms with Gasteiger partial charge in [0.05, 0.1) is 0 Å². The van der Waals surface area contributed by atoms with Crippen LogP contribution in [0.2, 0.25) is 0 Å². The number of fused-ring (bicyclic) bond motifs is 1. The summed E-state index contributed by atoms with van der Waals surface area (Å²) in [5.41, 5.74) is 7.44. The number of nitrogens with zero attached hydrogens (tertiary/aromatic N) is 2. The van der Waals surface area contributed by atoms with Crippen LogP contribution in [-0.2, 0) is 6.42 Å². The number of carbonyl (C=O) groups is 1. The highest BCUT2D eigenvalue weighted by molar-refractivity contribution is 5.88. The maximum absolute atomic E-state index is 10.9. The average molecular weight is 244 g/mol. The second-order valence-corrected chi connectivity index (χ2v) is 4.25. The molecule has 0 spiro atoms. The largest absolute Gasteiger partial charge is 0.384 e. The van der Waals surface area contributed by atoms with Crippen molar-refractivity contribution in [3.63, 3.8) is 0 Å². The number of rotatable bonds is 3. The third-order valence-corrected chi connectivity index (χ3v) is 3.05. The Hall–Kier alpha value is -2.37. The third-order valence-electron chi connectivity index (χ3n) is 3.05. The second kappa shape index (κ2) is 4.14. The summed E-state index contributed by atoms with van der Waals surface area (Å²) in [5, 5.41) is 6.85. The van der Waals surface area contributed by atoms with Gasteiger partial charge in [0, 0.05) is 24.6 Å². The number of nitrogens with one attached hydrogen (secondary N) is 1. The van der Waals surface area contributed by atoms with Crippen molar-refractivity contribution >= 4 is 11.6 Å². The van der Waals surface area contributed by atoms with Crippen molar-refractivity contribution < 1.29 is 9.32 Å². The van der Waals surface area contributed by atoms with E-state index in [-0.39, 0.29) is 11.7 Å². The predicted octanol–water partition coefficient (Wildman–Crippen LogP) is 0.920. The molecule has 0 fully saturated rings. The highest BCUT2D eigenvalue weighted by Gasteiger charge is 2.24. The second-order valence-electron chi connectivity index (χ2n) is 4.25. The Labute approximate surface area is 103 Å². The zero-order chi connectivity index (χ0) is 12.5. The summed E-state index contributed by atoms with van der Waals surface area (Å²) in [6.07, 6.45) is 0.601. The Morgan fingerprint density at radius 1 is 1.50 bits per heavy atom. The first kappa shape index (κ1) is 10.8. The maximum atomic E-state index is 10.9. The quantitative estimate of drug-likeness (QED) is 0.837. The van der Waals surface area contributed by atoms with Gasteiger partial charge >= 0.3 is 0 Å². The maximum Gasteiger partial charge on any atom is 0.290 e. The number of para-hydroxylation sites is 1. The van der Waals surface area contributed by atoms with E-state index in [4.69, 9.17) is 10.3 Å². The van der Waals surface area contributed by atoms with Crippen molar-refractivity contribution in [2.45, 2.75) is 12.3 Å². The van der Waals surface area contributed by atoms with Crippen LogP contribution in [-0.4, -0.2) is 22.6 Å². The monoisotopic (exact) mass is 244 g/mol. The topological polar surface area (TPSA) is 94.0 Å². The van der Waals surface area contributed by atoms with Gasteiger partial charge in [-0.05, 0) is 11.6 Å². The molecule has 1 aromatic heterocycles. The molecule has 1 aliphatic heterocycles. The van der Waals surface area contributed by atoms with Gasteiger partial charge in [0.2, 0.25) is 5.89 Å². The van der Waals surface area contributed by atoms with Crippen molar-refractivity contribution in [3.05, 3.63) is 41.5 Å². The molecule has 3 rings (SSSR count). The fourth-order valence-corrected chi connectivity index (χ4v) is 2.19. The number of hydrogen-bond acceptors (Lipinski definition) is 5. The van der Waals surface area contributed by atoms with E-state index in [1.54, 1.807) is 0 Å². The first-order chi connectivity index (χ1) is 8.74. The van der Waals surface area contributed by atoms with Crippen molar-refractivity contribution in [1.29, 1.82) is 0 Å². The lowest BCUT2D eigenvalue weighted by Gasteiger charge is -2.05. The summed E-state index contributed by atoms with van der Waals surface area (Å²) >= 11 is 0. The number of carbonyl (C=O) groups excluding carboxylic acids is 1. The molecule has 0 saturated heterocycles. The Kier molecular flexibility index (Phi) is 2.47. The molecule has 1 aromatic carbocycles. The molecule has 92 valence electrons. The number of aromatic nitrogens is 2. The standard InChI is InChI=1S/C12H12N4O2/c13-11(17)12-15-10(18-16-12)5-7-6-14-9-4-2-1-3-8(7)9/h1-4,7,14H,5-6H2,(H2,13,17). The zero-order valence-electron chi connectivity index (χ0n) is 9.59. The number of hydrogen-bond donors (Lipinski definition) is 2. The van der Waals surface area contributed by atoms with E-state index in [9.17, 15) is 4.79 Å². The molecule has 0 saturated carbocycles. The third kappa shape index (κ3) is 1.81. The fourth-order valence-electron chi connectivity index (χ4n) is 2.19. The van der Waals surface area contributed by atoms with Crippen LogP contribution in [0.3, 0.4) is 0 Å². The minimum absolute atomic E-state index is 0.0655. The van der Waals surface area contributed by atoms with E-state index in [1.807, 2.05) is 18.2 Å². The Morgan fingerprint density at radius 2 is 2.33 bits per heavy atom. The first-order valence-corrected chi connectivity index (χ1v) is 5.69. The lowest BCUT2D eigenvalue weighted by molar-refractivity contribution is 0.0987.